The van der Waals surface area contributed by atoms with Crippen molar-refractivity contribution in [3.05, 3.63) is 41.5 Å². The van der Waals surface area contributed by atoms with Gasteiger partial charge in [0, 0.05) is 42.8 Å². The molecule has 1 fully saturated rings. The molecule has 1 heterocycles. The van der Waals surface area contributed by atoms with E-state index in [1.54, 1.807) is 11.0 Å². The second kappa shape index (κ2) is 12.7. The van der Waals surface area contributed by atoms with Crippen LogP contribution in [0.5, 0.6) is 0 Å². The van der Waals surface area contributed by atoms with Gasteiger partial charge in [0.25, 0.3) is 0 Å². The lowest BCUT2D eigenvalue weighted by molar-refractivity contribution is 0.0199. The van der Waals surface area contributed by atoms with Crippen LogP contribution in [0.4, 0.5) is 10.5 Å². The maximum atomic E-state index is 12.3. The number of carbonyl (C=O) groups excluding carboxylic acids is 1. The Bertz CT molecular complexity index is 959. The van der Waals surface area contributed by atoms with E-state index >= 15 is 0 Å². The molecule has 0 saturated carbocycles. The molecule has 0 aliphatic carbocycles. The third kappa shape index (κ3) is 8.06. The molecular weight excluding hydrogens is 440 g/mol. The smallest absolute Gasteiger partial charge is 0.410 e. The maximum absolute atomic E-state index is 12.3. The Morgan fingerprint density at radius 1 is 1.29 bits per heavy atom. The Morgan fingerprint density at radius 3 is 2.46 bits per heavy atom. The van der Waals surface area contributed by atoms with Gasteiger partial charge in [0.05, 0.1) is 5.56 Å². The van der Waals surface area contributed by atoms with Gasteiger partial charge in [0.1, 0.15) is 5.60 Å². The molecule has 1 atom stereocenters. The van der Waals surface area contributed by atoms with Crippen LogP contribution in [0.2, 0.25) is 0 Å². The zero-order valence-electron chi connectivity index (χ0n) is 22.3. The van der Waals surface area contributed by atoms with Crippen molar-refractivity contribution in [2.45, 2.75) is 85.3 Å². The van der Waals surface area contributed by atoms with Crippen LogP contribution in [-0.4, -0.2) is 53.3 Å². The van der Waals surface area contributed by atoms with Gasteiger partial charge >= 0.3 is 12.1 Å². The van der Waals surface area contributed by atoms with Gasteiger partial charge in [-0.2, -0.15) is 0 Å². The molecule has 2 rings (SSSR count). The minimum Gasteiger partial charge on any atom is -0.478 e. The van der Waals surface area contributed by atoms with Crippen molar-refractivity contribution >= 4 is 17.7 Å². The number of nitrogens with zero attached hydrogens (tertiary/aromatic N) is 2. The minimum atomic E-state index is -0.940. The molecule has 192 valence electrons. The summed E-state index contributed by atoms with van der Waals surface area (Å²) < 4.78 is 5.47. The van der Waals surface area contributed by atoms with Gasteiger partial charge < -0.3 is 19.6 Å². The van der Waals surface area contributed by atoms with Crippen molar-refractivity contribution in [1.82, 2.24) is 4.90 Å². The van der Waals surface area contributed by atoms with Crippen molar-refractivity contribution in [2.75, 3.05) is 24.5 Å². The van der Waals surface area contributed by atoms with Crippen molar-refractivity contribution in [3.8, 4) is 11.8 Å². The van der Waals surface area contributed by atoms with Crippen LogP contribution in [0.25, 0.3) is 0 Å². The number of hydrogen-bond acceptors (Lipinski definition) is 4. The summed E-state index contributed by atoms with van der Waals surface area (Å²) in [6.07, 6.45) is 6.10. The van der Waals surface area contributed by atoms with E-state index in [0.29, 0.717) is 24.2 Å². The number of ether oxygens (including phenoxy) is 1. The molecule has 6 nitrogen and oxygen atoms in total. The monoisotopic (exact) mass is 482 g/mol. The number of amides is 1. The molecule has 1 N–H and O–H groups in total. The lowest BCUT2D eigenvalue weighted by Gasteiger charge is -2.34. The summed E-state index contributed by atoms with van der Waals surface area (Å²) in [4.78, 5) is 28.4. The molecule has 6 heteroatoms. The quantitative estimate of drug-likeness (QED) is 0.350. The first kappa shape index (κ1) is 28.3. The molecule has 0 aromatic heterocycles. The van der Waals surface area contributed by atoms with E-state index in [4.69, 9.17) is 4.74 Å². The van der Waals surface area contributed by atoms with Crippen molar-refractivity contribution in [3.63, 3.8) is 0 Å². The second-order valence-electron chi connectivity index (χ2n) is 10.2. The van der Waals surface area contributed by atoms with Crippen molar-refractivity contribution in [1.29, 1.82) is 0 Å². The van der Waals surface area contributed by atoms with E-state index < -0.39 is 11.6 Å². The van der Waals surface area contributed by atoms with Gasteiger partial charge in [-0.05, 0) is 78.0 Å². The number of piperidine rings is 1. The molecule has 1 saturated heterocycles. The van der Waals surface area contributed by atoms with E-state index in [2.05, 4.69) is 37.2 Å². The van der Waals surface area contributed by atoms with Crippen LogP contribution < -0.4 is 4.90 Å². The van der Waals surface area contributed by atoms with Gasteiger partial charge in [-0.1, -0.05) is 31.3 Å². The number of carboxylic acid groups (broad SMARTS) is 1. The van der Waals surface area contributed by atoms with E-state index in [1.807, 2.05) is 39.8 Å². The lowest BCUT2D eigenvalue weighted by atomic mass is 9.96. The summed E-state index contributed by atoms with van der Waals surface area (Å²) in [5, 5.41) is 9.86. The maximum Gasteiger partial charge on any atom is 0.410 e. The Morgan fingerprint density at radius 2 is 1.94 bits per heavy atom. The molecule has 1 aliphatic heterocycles. The highest BCUT2D eigenvalue weighted by atomic mass is 16.6. The van der Waals surface area contributed by atoms with Crippen LogP contribution in [0.15, 0.2) is 24.8 Å². The second-order valence-corrected chi connectivity index (χ2v) is 10.2. The fraction of sp³-hybridized carbons (Fsp3) is 0.586. The zero-order chi connectivity index (χ0) is 26.2. The summed E-state index contributed by atoms with van der Waals surface area (Å²) >= 11 is 0. The highest BCUT2D eigenvalue weighted by Crippen LogP contribution is 2.30. The predicted octanol–water partition coefficient (Wildman–Crippen LogP) is 6.26. The third-order valence-electron chi connectivity index (χ3n) is 6.33. The topological polar surface area (TPSA) is 70.1 Å². The van der Waals surface area contributed by atoms with E-state index in [1.165, 1.54) is 0 Å². The Hall–Kier alpha value is -2.94. The average Bonchev–Trinajstić information content (AvgIpc) is 2.79. The first-order chi connectivity index (χ1) is 16.5. The third-order valence-corrected chi connectivity index (χ3v) is 6.33. The van der Waals surface area contributed by atoms with Gasteiger partial charge in [-0.15, -0.1) is 6.58 Å². The Kier molecular flexibility index (Phi) is 10.2. The molecule has 1 aliphatic rings. The molecular formula is C29H42N2O4. The van der Waals surface area contributed by atoms with Crippen molar-refractivity contribution < 1.29 is 19.4 Å². The minimum absolute atomic E-state index is 0.155. The number of benzene rings is 1. The standard InChI is InChI=1S/C29H42N2O4/c1-8-11-24(12-9-2)31(10-3)26-20-23(19-25(21(26)4)27(32)33)14-13-22-15-17-30(18-16-22)28(34)35-29(5,6)7/h8,19-20,22,24H,1,9-12,15-18H2,2-7H3,(H,32,33). The number of aromatic carboxylic acids is 1. The number of hydrogen-bond donors (Lipinski definition) is 1. The SMILES string of the molecule is C=CCC(CCC)N(CC)c1cc(C#CC2CCN(C(=O)OC(C)(C)C)CC2)cc(C(=O)O)c1C. The molecule has 0 spiro atoms. The predicted molar refractivity (Wildman–Crippen MR) is 142 cm³/mol. The van der Waals surface area contributed by atoms with Gasteiger partial charge in [0.15, 0.2) is 0 Å². The first-order valence-corrected chi connectivity index (χ1v) is 12.8. The zero-order valence-corrected chi connectivity index (χ0v) is 22.3. The van der Waals surface area contributed by atoms with Crippen LogP contribution in [0, 0.1) is 24.7 Å². The highest BCUT2D eigenvalue weighted by Gasteiger charge is 2.26. The summed E-state index contributed by atoms with van der Waals surface area (Å²) in [6.45, 7) is 17.7. The van der Waals surface area contributed by atoms with Crippen molar-refractivity contribution in [2.24, 2.45) is 5.92 Å². The Labute approximate surface area is 211 Å². The average molecular weight is 483 g/mol. The molecule has 1 amide bonds. The largest absolute Gasteiger partial charge is 0.478 e. The number of likely N-dealkylation sites (tertiary alicyclic amines) is 1. The van der Waals surface area contributed by atoms with Gasteiger partial charge in [0.2, 0.25) is 0 Å². The van der Waals surface area contributed by atoms with E-state index in [-0.39, 0.29) is 18.1 Å². The van der Waals surface area contributed by atoms with Crippen LogP contribution in [0.1, 0.15) is 88.2 Å². The first-order valence-electron chi connectivity index (χ1n) is 12.8. The summed E-state index contributed by atoms with van der Waals surface area (Å²) in [6, 6.07) is 3.98. The number of carboxylic acids is 1. The highest BCUT2D eigenvalue weighted by molar-refractivity contribution is 5.92. The molecule has 0 bridgehead atoms. The molecule has 1 aromatic carbocycles. The van der Waals surface area contributed by atoms with Gasteiger partial charge in [-0.3, -0.25) is 0 Å². The van der Waals surface area contributed by atoms with Crippen LogP contribution in [-0.2, 0) is 4.74 Å². The molecule has 35 heavy (non-hydrogen) atoms. The van der Waals surface area contributed by atoms with E-state index in [9.17, 15) is 14.7 Å². The molecule has 0 radical (unpaired) electrons. The summed E-state index contributed by atoms with van der Waals surface area (Å²) in [5.74, 6) is 5.80. The number of anilines is 1. The van der Waals surface area contributed by atoms with Gasteiger partial charge in [-0.25, -0.2) is 9.59 Å². The van der Waals surface area contributed by atoms with Crippen LogP contribution in [0.3, 0.4) is 0 Å². The molecule has 1 unspecified atom stereocenters. The summed E-state index contributed by atoms with van der Waals surface area (Å²) in [5.41, 5.74) is 2.19. The fourth-order valence-electron chi connectivity index (χ4n) is 4.56. The Balaban J connectivity index is 2.27. The lowest BCUT2D eigenvalue weighted by Crippen LogP contribution is -2.41. The number of carbonyl (C=O) groups is 2. The van der Waals surface area contributed by atoms with E-state index in [0.717, 1.165) is 49.9 Å². The normalized spacial score (nSPS) is 15.1. The van der Waals surface area contributed by atoms with Crippen LogP contribution >= 0.6 is 0 Å². The fourth-order valence-corrected chi connectivity index (χ4v) is 4.56. The number of rotatable bonds is 8. The summed E-state index contributed by atoms with van der Waals surface area (Å²) in [7, 11) is 0. The molecule has 1 aromatic rings.